The number of nitrogens with one attached hydrogen (secondary N) is 2. The molecule has 31 heavy (non-hydrogen) atoms. The fourth-order valence-corrected chi connectivity index (χ4v) is 2.91. The van der Waals surface area contributed by atoms with Crippen LogP contribution in [0, 0.1) is 0 Å². The summed E-state index contributed by atoms with van der Waals surface area (Å²) in [6, 6.07) is 18.9. The summed E-state index contributed by atoms with van der Waals surface area (Å²) in [5.74, 6) is -0.00474. The highest BCUT2D eigenvalue weighted by Crippen LogP contribution is 2.17. The first kappa shape index (κ1) is 21.6. The molecule has 3 N–H and O–H groups in total. The van der Waals surface area contributed by atoms with Crippen molar-refractivity contribution in [3.05, 3.63) is 95.1 Å². The number of hydrogen-bond donors (Lipinski definition) is 3. The lowest BCUT2D eigenvalue weighted by molar-refractivity contribution is 0.0962. The molecular weight excluding hydrogens is 396 g/mol. The van der Waals surface area contributed by atoms with Gasteiger partial charge in [0.25, 0.3) is 5.91 Å². The van der Waals surface area contributed by atoms with Crippen molar-refractivity contribution in [3.8, 4) is 11.5 Å². The van der Waals surface area contributed by atoms with Gasteiger partial charge < -0.3 is 15.2 Å². The standard InChI is InChI=1S/C24H22N2O5/c1-31-21-4-2-3-19(15-21)22(28)17-7-9-18(10-8-17)23(29)26-24(30)25-14-13-16-5-11-20(27)12-6-16/h2-12,15,27H,13-14H2,1H3,(H2,25,26,29,30). The number of amides is 3. The zero-order valence-electron chi connectivity index (χ0n) is 16.9. The van der Waals surface area contributed by atoms with Gasteiger partial charge in [-0.3, -0.25) is 14.9 Å². The average Bonchev–Trinajstić information content (AvgIpc) is 2.80. The van der Waals surface area contributed by atoms with Crippen molar-refractivity contribution >= 4 is 17.7 Å². The van der Waals surface area contributed by atoms with Crippen molar-refractivity contribution in [3.63, 3.8) is 0 Å². The van der Waals surface area contributed by atoms with Gasteiger partial charge in [0.2, 0.25) is 0 Å². The highest BCUT2D eigenvalue weighted by molar-refractivity contribution is 6.10. The largest absolute Gasteiger partial charge is 0.508 e. The Balaban J connectivity index is 1.52. The minimum Gasteiger partial charge on any atom is -0.508 e. The van der Waals surface area contributed by atoms with Crippen molar-refractivity contribution in [1.29, 1.82) is 0 Å². The Hall–Kier alpha value is -4.13. The highest BCUT2D eigenvalue weighted by atomic mass is 16.5. The molecule has 0 aliphatic carbocycles. The van der Waals surface area contributed by atoms with Crippen LogP contribution in [0.4, 0.5) is 4.79 Å². The van der Waals surface area contributed by atoms with E-state index in [0.717, 1.165) is 5.56 Å². The van der Waals surface area contributed by atoms with E-state index in [-0.39, 0.29) is 17.1 Å². The van der Waals surface area contributed by atoms with Crippen molar-refractivity contribution < 1.29 is 24.2 Å². The maximum Gasteiger partial charge on any atom is 0.321 e. The van der Waals surface area contributed by atoms with E-state index in [1.807, 2.05) is 0 Å². The van der Waals surface area contributed by atoms with Crippen LogP contribution < -0.4 is 15.4 Å². The zero-order valence-corrected chi connectivity index (χ0v) is 16.9. The van der Waals surface area contributed by atoms with Gasteiger partial charge in [-0.1, -0.05) is 36.4 Å². The van der Waals surface area contributed by atoms with Gasteiger partial charge in [-0.2, -0.15) is 0 Å². The van der Waals surface area contributed by atoms with Gasteiger partial charge in [0, 0.05) is 23.2 Å². The monoisotopic (exact) mass is 418 g/mol. The van der Waals surface area contributed by atoms with E-state index in [9.17, 15) is 19.5 Å². The van der Waals surface area contributed by atoms with Crippen LogP contribution in [0.2, 0.25) is 0 Å². The predicted molar refractivity (Wildman–Crippen MR) is 116 cm³/mol. The lowest BCUT2D eigenvalue weighted by Gasteiger charge is -2.08. The van der Waals surface area contributed by atoms with E-state index in [0.29, 0.717) is 29.8 Å². The van der Waals surface area contributed by atoms with Crippen molar-refractivity contribution in [2.45, 2.75) is 6.42 Å². The Morgan fingerprint density at radius 3 is 2.23 bits per heavy atom. The number of imide groups is 1. The van der Waals surface area contributed by atoms with Crippen LogP contribution in [-0.2, 0) is 6.42 Å². The molecule has 0 spiro atoms. The molecule has 0 fully saturated rings. The maximum absolute atomic E-state index is 12.6. The minimum atomic E-state index is -0.611. The Labute approximate surface area is 179 Å². The first-order valence-electron chi connectivity index (χ1n) is 9.62. The first-order chi connectivity index (χ1) is 15.0. The number of carbonyl (C=O) groups excluding carboxylic acids is 3. The molecule has 0 aliphatic rings. The molecule has 158 valence electrons. The molecule has 3 rings (SSSR count). The maximum atomic E-state index is 12.6. The normalized spacial score (nSPS) is 10.2. The molecule has 0 aromatic heterocycles. The zero-order chi connectivity index (χ0) is 22.2. The second kappa shape index (κ2) is 10.1. The van der Waals surface area contributed by atoms with E-state index < -0.39 is 11.9 Å². The van der Waals surface area contributed by atoms with Crippen LogP contribution >= 0.6 is 0 Å². The third-order valence-electron chi connectivity index (χ3n) is 4.60. The third-order valence-corrected chi connectivity index (χ3v) is 4.60. The van der Waals surface area contributed by atoms with Gasteiger partial charge in [-0.25, -0.2) is 4.79 Å². The van der Waals surface area contributed by atoms with Crippen LogP contribution in [0.15, 0.2) is 72.8 Å². The molecule has 7 heteroatoms. The number of rotatable bonds is 7. The number of ether oxygens (including phenoxy) is 1. The molecule has 0 atom stereocenters. The van der Waals surface area contributed by atoms with E-state index >= 15 is 0 Å². The van der Waals surface area contributed by atoms with Gasteiger partial charge in [0.05, 0.1) is 7.11 Å². The van der Waals surface area contributed by atoms with E-state index in [1.165, 1.54) is 19.2 Å². The summed E-state index contributed by atoms with van der Waals surface area (Å²) in [5.41, 5.74) is 2.10. The number of methoxy groups -OCH3 is 1. The molecule has 0 aliphatic heterocycles. The number of benzene rings is 3. The molecular formula is C24H22N2O5. The number of urea groups is 1. The Bertz CT molecular complexity index is 1080. The summed E-state index contributed by atoms with van der Waals surface area (Å²) >= 11 is 0. The fourth-order valence-electron chi connectivity index (χ4n) is 2.91. The second-order valence-corrected chi connectivity index (χ2v) is 6.76. The van der Waals surface area contributed by atoms with Gasteiger partial charge in [0.1, 0.15) is 11.5 Å². The predicted octanol–water partition coefficient (Wildman–Crippen LogP) is 3.31. The van der Waals surface area contributed by atoms with Crippen LogP contribution in [-0.4, -0.2) is 36.5 Å². The van der Waals surface area contributed by atoms with Crippen molar-refractivity contribution in [1.82, 2.24) is 10.6 Å². The summed E-state index contributed by atoms with van der Waals surface area (Å²) in [7, 11) is 1.53. The lowest BCUT2D eigenvalue weighted by Crippen LogP contribution is -2.40. The third kappa shape index (κ3) is 5.93. The van der Waals surface area contributed by atoms with E-state index in [4.69, 9.17) is 4.74 Å². The molecule has 7 nitrogen and oxygen atoms in total. The summed E-state index contributed by atoms with van der Waals surface area (Å²) in [5, 5.41) is 14.1. The van der Waals surface area contributed by atoms with E-state index in [2.05, 4.69) is 10.6 Å². The summed E-state index contributed by atoms with van der Waals surface area (Å²) in [6.07, 6.45) is 0.559. The molecule has 0 bridgehead atoms. The highest BCUT2D eigenvalue weighted by Gasteiger charge is 2.13. The molecule has 3 aromatic rings. The molecule has 3 amide bonds. The average molecular weight is 418 g/mol. The van der Waals surface area contributed by atoms with Crippen LogP contribution in [0.1, 0.15) is 31.8 Å². The van der Waals surface area contributed by atoms with Crippen molar-refractivity contribution in [2.24, 2.45) is 0 Å². The van der Waals surface area contributed by atoms with Gasteiger partial charge in [-0.05, 0) is 48.4 Å². The molecule has 0 heterocycles. The number of carbonyl (C=O) groups is 3. The summed E-state index contributed by atoms with van der Waals surface area (Å²) in [6.45, 7) is 0.331. The van der Waals surface area contributed by atoms with Gasteiger partial charge in [-0.15, -0.1) is 0 Å². The lowest BCUT2D eigenvalue weighted by atomic mass is 10.0. The molecule has 0 saturated carbocycles. The number of aromatic hydroxyl groups is 1. The number of ketones is 1. The number of phenols is 1. The van der Waals surface area contributed by atoms with Crippen LogP contribution in [0.25, 0.3) is 0 Å². The summed E-state index contributed by atoms with van der Waals surface area (Å²) < 4.78 is 5.13. The summed E-state index contributed by atoms with van der Waals surface area (Å²) in [4.78, 5) is 36.8. The Morgan fingerprint density at radius 2 is 1.55 bits per heavy atom. The van der Waals surface area contributed by atoms with Gasteiger partial charge >= 0.3 is 6.03 Å². The Kier molecular flexibility index (Phi) is 7.01. The smallest absolute Gasteiger partial charge is 0.321 e. The second-order valence-electron chi connectivity index (χ2n) is 6.76. The number of phenolic OH excluding ortho intramolecular Hbond substituents is 1. The van der Waals surface area contributed by atoms with Gasteiger partial charge in [0.15, 0.2) is 5.78 Å². The molecule has 0 unspecified atom stereocenters. The fraction of sp³-hybridized carbons (Fsp3) is 0.125. The molecule has 0 saturated heterocycles. The van der Waals surface area contributed by atoms with Crippen LogP contribution in [0.5, 0.6) is 11.5 Å². The quantitative estimate of drug-likeness (QED) is 0.511. The minimum absolute atomic E-state index is 0.177. The topological polar surface area (TPSA) is 105 Å². The SMILES string of the molecule is COc1cccc(C(=O)c2ccc(C(=O)NC(=O)NCCc3ccc(O)cc3)cc2)c1. The molecule has 0 radical (unpaired) electrons. The molecule has 3 aromatic carbocycles. The van der Waals surface area contributed by atoms with Crippen molar-refractivity contribution in [2.75, 3.05) is 13.7 Å². The van der Waals surface area contributed by atoms with E-state index in [1.54, 1.807) is 60.7 Å². The first-order valence-corrected chi connectivity index (χ1v) is 9.62. The number of hydrogen-bond acceptors (Lipinski definition) is 5. The Morgan fingerprint density at radius 1 is 0.871 bits per heavy atom. The van der Waals surface area contributed by atoms with Crippen LogP contribution in [0.3, 0.4) is 0 Å².